The van der Waals surface area contributed by atoms with Crippen molar-refractivity contribution < 1.29 is 13.9 Å². The number of benzene rings is 1. The number of amides is 1. The van der Waals surface area contributed by atoms with E-state index >= 15 is 0 Å². The third-order valence-electron chi connectivity index (χ3n) is 4.91. The van der Waals surface area contributed by atoms with Crippen LogP contribution in [0.1, 0.15) is 32.6 Å². The van der Waals surface area contributed by atoms with Crippen molar-refractivity contribution in [2.45, 2.75) is 38.6 Å². The van der Waals surface area contributed by atoms with Gasteiger partial charge in [0.25, 0.3) is 5.91 Å². The second-order valence-electron chi connectivity index (χ2n) is 6.58. The highest BCUT2D eigenvalue weighted by Gasteiger charge is 2.27. The average molecular weight is 329 g/mol. The number of rotatable bonds is 4. The van der Waals surface area contributed by atoms with Crippen LogP contribution in [0.3, 0.4) is 0 Å². The zero-order valence-corrected chi connectivity index (χ0v) is 14.2. The highest BCUT2D eigenvalue weighted by Crippen LogP contribution is 2.27. The standard InChI is InChI=1S/C19H23NO4/c1-13-5-3-4-6-16(13)20(2)18(21)12-23-15-9-7-14-8-10-19(22)24-17(14)11-15/h7-11,13,16H,3-6,12H2,1-2H3. The van der Waals surface area contributed by atoms with Crippen LogP contribution in [0.15, 0.2) is 39.5 Å². The number of hydrogen-bond donors (Lipinski definition) is 0. The lowest BCUT2D eigenvalue weighted by Crippen LogP contribution is -2.44. The molecule has 1 aromatic heterocycles. The van der Waals surface area contributed by atoms with E-state index in [-0.39, 0.29) is 12.5 Å². The first-order valence-corrected chi connectivity index (χ1v) is 8.47. The van der Waals surface area contributed by atoms with Gasteiger partial charge in [0.1, 0.15) is 11.3 Å². The molecule has 2 atom stereocenters. The van der Waals surface area contributed by atoms with Crippen molar-refractivity contribution in [1.29, 1.82) is 0 Å². The molecule has 1 fully saturated rings. The molecule has 1 aliphatic rings. The molecule has 1 saturated carbocycles. The van der Waals surface area contributed by atoms with Crippen molar-refractivity contribution >= 4 is 16.9 Å². The van der Waals surface area contributed by atoms with Crippen molar-refractivity contribution in [3.63, 3.8) is 0 Å². The van der Waals surface area contributed by atoms with Crippen LogP contribution in [0.4, 0.5) is 0 Å². The largest absolute Gasteiger partial charge is 0.484 e. The number of carbonyl (C=O) groups excluding carboxylic acids is 1. The van der Waals surface area contributed by atoms with Gasteiger partial charge in [0.05, 0.1) is 0 Å². The van der Waals surface area contributed by atoms with Crippen molar-refractivity contribution in [2.24, 2.45) is 5.92 Å². The maximum Gasteiger partial charge on any atom is 0.336 e. The lowest BCUT2D eigenvalue weighted by Gasteiger charge is -2.36. The van der Waals surface area contributed by atoms with Crippen LogP contribution in [-0.4, -0.2) is 30.5 Å². The van der Waals surface area contributed by atoms with Gasteiger partial charge in [-0.15, -0.1) is 0 Å². The molecule has 0 aliphatic heterocycles. The van der Waals surface area contributed by atoms with Crippen molar-refractivity contribution in [1.82, 2.24) is 4.90 Å². The van der Waals surface area contributed by atoms with Gasteiger partial charge in [0.2, 0.25) is 0 Å². The molecule has 5 nitrogen and oxygen atoms in total. The molecule has 2 aromatic rings. The van der Waals surface area contributed by atoms with Crippen LogP contribution in [0, 0.1) is 5.92 Å². The van der Waals surface area contributed by atoms with Gasteiger partial charge in [-0.25, -0.2) is 4.79 Å². The number of ether oxygens (including phenoxy) is 1. The van der Waals surface area contributed by atoms with Gasteiger partial charge in [-0.1, -0.05) is 19.8 Å². The highest BCUT2D eigenvalue weighted by molar-refractivity contribution is 5.79. The predicted octanol–water partition coefficient (Wildman–Crippen LogP) is 3.21. The highest BCUT2D eigenvalue weighted by atomic mass is 16.5. The molecule has 1 aliphatic carbocycles. The molecule has 1 aromatic carbocycles. The first-order chi connectivity index (χ1) is 11.5. The van der Waals surface area contributed by atoms with Crippen LogP contribution < -0.4 is 10.4 Å². The molecular weight excluding hydrogens is 306 g/mol. The van der Waals surface area contributed by atoms with Gasteiger partial charge in [-0.05, 0) is 37.0 Å². The van der Waals surface area contributed by atoms with E-state index in [9.17, 15) is 9.59 Å². The fraction of sp³-hybridized carbons (Fsp3) is 0.474. The Morgan fingerprint density at radius 1 is 1.25 bits per heavy atom. The van der Waals surface area contributed by atoms with E-state index in [1.807, 2.05) is 18.0 Å². The van der Waals surface area contributed by atoms with Gasteiger partial charge in [-0.3, -0.25) is 4.79 Å². The summed E-state index contributed by atoms with van der Waals surface area (Å²) in [5.74, 6) is 1.03. The molecule has 2 unspecified atom stereocenters. The van der Waals surface area contributed by atoms with Gasteiger partial charge in [0.15, 0.2) is 6.61 Å². The summed E-state index contributed by atoms with van der Waals surface area (Å²) in [6, 6.07) is 8.61. The molecule has 128 valence electrons. The Hall–Kier alpha value is -2.30. The number of hydrogen-bond acceptors (Lipinski definition) is 4. The zero-order valence-electron chi connectivity index (χ0n) is 14.2. The molecule has 3 rings (SSSR count). The minimum atomic E-state index is -0.401. The monoisotopic (exact) mass is 329 g/mol. The van der Waals surface area contributed by atoms with Gasteiger partial charge >= 0.3 is 5.63 Å². The minimum Gasteiger partial charge on any atom is -0.484 e. The Balaban J connectivity index is 1.64. The average Bonchev–Trinajstić information content (AvgIpc) is 2.59. The van der Waals surface area contributed by atoms with E-state index in [4.69, 9.17) is 9.15 Å². The fourth-order valence-corrected chi connectivity index (χ4v) is 3.43. The molecule has 0 radical (unpaired) electrons. The summed E-state index contributed by atoms with van der Waals surface area (Å²) in [6.45, 7) is 2.20. The van der Waals surface area contributed by atoms with Crippen LogP contribution in [0.2, 0.25) is 0 Å². The van der Waals surface area contributed by atoms with Crippen molar-refractivity contribution in [3.05, 3.63) is 40.8 Å². The minimum absolute atomic E-state index is 0.0116. The summed E-state index contributed by atoms with van der Waals surface area (Å²) in [7, 11) is 1.86. The maximum absolute atomic E-state index is 12.4. The lowest BCUT2D eigenvalue weighted by atomic mass is 9.85. The van der Waals surface area contributed by atoms with Crippen LogP contribution in [-0.2, 0) is 4.79 Å². The second-order valence-corrected chi connectivity index (χ2v) is 6.58. The summed E-state index contributed by atoms with van der Waals surface area (Å²) in [4.78, 5) is 25.5. The van der Waals surface area contributed by atoms with E-state index in [0.717, 1.165) is 11.8 Å². The van der Waals surface area contributed by atoms with Crippen LogP contribution >= 0.6 is 0 Å². The van der Waals surface area contributed by atoms with Crippen LogP contribution in [0.5, 0.6) is 5.75 Å². The molecule has 0 N–H and O–H groups in total. The summed E-state index contributed by atoms with van der Waals surface area (Å²) >= 11 is 0. The molecule has 0 saturated heterocycles. The quantitative estimate of drug-likeness (QED) is 0.808. The molecule has 5 heteroatoms. The van der Waals surface area contributed by atoms with Gasteiger partial charge in [0, 0.05) is 30.6 Å². The number of fused-ring (bicyclic) bond motifs is 1. The second kappa shape index (κ2) is 7.07. The Morgan fingerprint density at radius 2 is 2.00 bits per heavy atom. The number of likely N-dealkylation sites (N-methyl/N-ethyl adjacent to an activating group) is 1. The van der Waals surface area contributed by atoms with E-state index in [1.165, 1.54) is 25.3 Å². The third kappa shape index (κ3) is 3.61. The summed E-state index contributed by atoms with van der Waals surface area (Å²) in [5, 5.41) is 0.821. The number of carbonyl (C=O) groups is 1. The summed E-state index contributed by atoms with van der Waals surface area (Å²) in [5.41, 5.74) is 0.0588. The Bertz CT molecular complexity index is 782. The molecule has 1 heterocycles. The first-order valence-electron chi connectivity index (χ1n) is 8.47. The van der Waals surface area contributed by atoms with Gasteiger partial charge < -0.3 is 14.1 Å². The Labute approximate surface area is 141 Å². The molecule has 0 spiro atoms. The maximum atomic E-state index is 12.4. The van der Waals surface area contributed by atoms with Crippen LogP contribution in [0.25, 0.3) is 11.0 Å². The molecule has 24 heavy (non-hydrogen) atoms. The normalized spacial score (nSPS) is 20.8. The topological polar surface area (TPSA) is 59.8 Å². The smallest absolute Gasteiger partial charge is 0.336 e. The van der Waals surface area contributed by atoms with E-state index < -0.39 is 5.63 Å². The SMILES string of the molecule is CC1CCCCC1N(C)C(=O)COc1ccc2ccc(=O)oc2c1. The predicted molar refractivity (Wildman–Crippen MR) is 92.2 cm³/mol. The van der Waals surface area contributed by atoms with E-state index in [0.29, 0.717) is 23.3 Å². The first kappa shape index (κ1) is 16.6. The molecular formula is C19H23NO4. The molecule has 0 bridgehead atoms. The zero-order chi connectivity index (χ0) is 17.1. The molecule has 1 amide bonds. The fourth-order valence-electron chi connectivity index (χ4n) is 3.43. The van der Waals surface area contributed by atoms with Crippen molar-refractivity contribution in [2.75, 3.05) is 13.7 Å². The lowest BCUT2D eigenvalue weighted by molar-refractivity contribution is -0.135. The van der Waals surface area contributed by atoms with E-state index in [1.54, 1.807) is 18.2 Å². The third-order valence-corrected chi connectivity index (χ3v) is 4.91. The Morgan fingerprint density at radius 3 is 2.79 bits per heavy atom. The number of nitrogens with zero attached hydrogens (tertiary/aromatic N) is 1. The van der Waals surface area contributed by atoms with Crippen molar-refractivity contribution in [3.8, 4) is 5.75 Å². The Kier molecular flexibility index (Phi) is 4.88. The summed E-state index contributed by atoms with van der Waals surface area (Å²) in [6.07, 6.45) is 4.66. The van der Waals surface area contributed by atoms with Gasteiger partial charge in [-0.2, -0.15) is 0 Å². The van der Waals surface area contributed by atoms with E-state index in [2.05, 4.69) is 6.92 Å². The summed E-state index contributed by atoms with van der Waals surface area (Å²) < 4.78 is 10.7.